The number of carbonyl (C=O) groups is 1. The second-order valence-electron chi connectivity index (χ2n) is 3.99. The fourth-order valence-corrected chi connectivity index (χ4v) is 1.71. The molecule has 0 atom stereocenters. The molecule has 0 spiro atoms. The molecule has 0 bridgehead atoms. The number of aromatic amines is 1. The molecule has 2 aromatic heterocycles. The van der Waals surface area contributed by atoms with Gasteiger partial charge in [0.2, 0.25) is 5.78 Å². The number of ether oxygens (including phenoxy) is 1. The Morgan fingerprint density at radius 3 is 2.82 bits per heavy atom. The molecular weight excluding hydrogens is 222 g/mol. The van der Waals surface area contributed by atoms with E-state index in [4.69, 9.17) is 0 Å². The highest BCUT2D eigenvalue weighted by Crippen LogP contribution is 2.15. The zero-order valence-corrected chi connectivity index (χ0v) is 9.85. The number of esters is 1. The standard InChI is InChI=1S/C11H13N3O3/c1-6(2)8-7(10(16)17-3)9(15)14-5-4-12-11(14)13-8/h4-6H,1-3H3,(H,12,13). The zero-order valence-electron chi connectivity index (χ0n) is 9.85. The summed E-state index contributed by atoms with van der Waals surface area (Å²) in [5, 5.41) is 0. The summed E-state index contributed by atoms with van der Waals surface area (Å²) in [6, 6.07) is 0. The maximum Gasteiger partial charge on any atom is 0.345 e. The van der Waals surface area contributed by atoms with Crippen LogP contribution in [0.4, 0.5) is 0 Å². The molecule has 0 unspecified atom stereocenters. The van der Waals surface area contributed by atoms with Crippen LogP contribution in [-0.4, -0.2) is 27.4 Å². The highest BCUT2D eigenvalue weighted by atomic mass is 16.5. The largest absolute Gasteiger partial charge is 0.465 e. The summed E-state index contributed by atoms with van der Waals surface area (Å²) >= 11 is 0. The first kappa shape index (κ1) is 11.4. The van der Waals surface area contributed by atoms with Crippen molar-refractivity contribution >= 4 is 11.7 Å². The second-order valence-corrected chi connectivity index (χ2v) is 3.99. The summed E-state index contributed by atoms with van der Waals surface area (Å²) in [6.07, 6.45) is 3.00. The lowest BCUT2D eigenvalue weighted by Crippen LogP contribution is -2.26. The number of imidazole rings is 1. The molecule has 0 amide bonds. The average molecular weight is 235 g/mol. The van der Waals surface area contributed by atoms with Crippen molar-refractivity contribution in [1.82, 2.24) is 14.4 Å². The van der Waals surface area contributed by atoms with E-state index in [-0.39, 0.29) is 11.5 Å². The van der Waals surface area contributed by atoms with Crippen molar-refractivity contribution < 1.29 is 9.53 Å². The van der Waals surface area contributed by atoms with E-state index >= 15 is 0 Å². The van der Waals surface area contributed by atoms with E-state index in [1.165, 1.54) is 23.9 Å². The molecule has 1 N–H and O–H groups in total. The van der Waals surface area contributed by atoms with Crippen molar-refractivity contribution in [2.24, 2.45) is 0 Å². The van der Waals surface area contributed by atoms with Crippen LogP contribution in [0, 0.1) is 0 Å². The molecule has 2 heterocycles. The summed E-state index contributed by atoms with van der Waals surface area (Å²) in [7, 11) is 1.25. The Hall–Kier alpha value is -2.11. The molecule has 6 nitrogen and oxygen atoms in total. The van der Waals surface area contributed by atoms with Crippen molar-refractivity contribution in [2.45, 2.75) is 19.8 Å². The highest BCUT2D eigenvalue weighted by molar-refractivity contribution is 5.90. The highest BCUT2D eigenvalue weighted by Gasteiger charge is 2.21. The quantitative estimate of drug-likeness (QED) is 0.786. The third-order valence-corrected chi connectivity index (χ3v) is 2.56. The third kappa shape index (κ3) is 1.71. The molecule has 0 aromatic carbocycles. The number of hydrogen-bond acceptors (Lipinski definition) is 4. The molecule has 0 fully saturated rings. The van der Waals surface area contributed by atoms with Gasteiger partial charge in [0.15, 0.2) is 0 Å². The molecule has 0 aliphatic heterocycles. The van der Waals surface area contributed by atoms with E-state index in [9.17, 15) is 9.59 Å². The molecule has 90 valence electrons. The van der Waals surface area contributed by atoms with E-state index in [2.05, 4.69) is 14.7 Å². The summed E-state index contributed by atoms with van der Waals surface area (Å²) in [6.45, 7) is 3.77. The summed E-state index contributed by atoms with van der Waals surface area (Å²) < 4.78 is 5.93. The first-order valence-corrected chi connectivity index (χ1v) is 5.23. The molecule has 0 aliphatic rings. The van der Waals surface area contributed by atoms with Crippen LogP contribution >= 0.6 is 0 Å². The Kier molecular flexibility index (Phi) is 2.71. The van der Waals surface area contributed by atoms with Gasteiger partial charge in [0, 0.05) is 18.1 Å². The van der Waals surface area contributed by atoms with Gasteiger partial charge in [-0.3, -0.25) is 9.20 Å². The molecule has 2 aromatic rings. The predicted octanol–water partition coefficient (Wildman–Crippen LogP) is 0.933. The normalized spacial score (nSPS) is 11.1. The smallest absolute Gasteiger partial charge is 0.345 e. The lowest BCUT2D eigenvalue weighted by atomic mass is 10.1. The minimum Gasteiger partial charge on any atom is -0.465 e. The Morgan fingerprint density at radius 2 is 2.24 bits per heavy atom. The minimum atomic E-state index is -0.634. The summed E-state index contributed by atoms with van der Waals surface area (Å²) in [5.41, 5.74) is 0.167. The van der Waals surface area contributed by atoms with E-state index in [0.717, 1.165) is 0 Å². The predicted molar refractivity (Wildman–Crippen MR) is 61.2 cm³/mol. The number of H-pyrrole nitrogens is 1. The van der Waals surface area contributed by atoms with E-state index in [0.29, 0.717) is 11.5 Å². The maximum absolute atomic E-state index is 12.1. The van der Waals surface area contributed by atoms with E-state index in [1.54, 1.807) is 0 Å². The molecule has 0 saturated carbocycles. The molecule has 6 heteroatoms. The first-order valence-electron chi connectivity index (χ1n) is 5.23. The number of methoxy groups -OCH3 is 1. The fraction of sp³-hybridized carbons (Fsp3) is 0.364. The minimum absolute atomic E-state index is 0.00139. The molecule has 2 rings (SSSR count). The van der Waals surface area contributed by atoms with E-state index in [1.807, 2.05) is 13.8 Å². The van der Waals surface area contributed by atoms with Gasteiger partial charge in [-0.25, -0.2) is 9.78 Å². The monoisotopic (exact) mass is 235 g/mol. The van der Waals surface area contributed by atoms with Crippen LogP contribution in [0.25, 0.3) is 5.78 Å². The number of nitrogens with zero attached hydrogens (tertiary/aromatic N) is 2. The van der Waals surface area contributed by atoms with Crippen LogP contribution in [0.3, 0.4) is 0 Å². The number of fused-ring (bicyclic) bond motifs is 1. The van der Waals surface area contributed by atoms with Crippen molar-refractivity contribution in [3.8, 4) is 0 Å². The Labute approximate surface area is 97.3 Å². The summed E-state index contributed by atoms with van der Waals surface area (Å²) in [5.74, 6) is -0.213. The van der Waals surface area contributed by atoms with Gasteiger partial charge in [0.1, 0.15) is 5.56 Å². The fourth-order valence-electron chi connectivity index (χ4n) is 1.71. The number of carbonyl (C=O) groups excluding carboxylic acids is 1. The lowest BCUT2D eigenvalue weighted by molar-refractivity contribution is 0.0596. The van der Waals surface area contributed by atoms with Crippen LogP contribution in [0.1, 0.15) is 35.8 Å². The molecular formula is C11H13N3O3. The second kappa shape index (κ2) is 4.04. The number of hydrogen-bond donors (Lipinski definition) is 1. The van der Waals surface area contributed by atoms with Crippen LogP contribution in [0.2, 0.25) is 0 Å². The average Bonchev–Trinajstić information content (AvgIpc) is 2.76. The van der Waals surface area contributed by atoms with Crippen molar-refractivity contribution in [3.05, 3.63) is 34.0 Å². The van der Waals surface area contributed by atoms with E-state index < -0.39 is 11.5 Å². The van der Waals surface area contributed by atoms with Gasteiger partial charge in [-0.05, 0) is 5.92 Å². The zero-order chi connectivity index (χ0) is 12.6. The SMILES string of the molecule is COC(=O)c1c(C(C)C)[nH]c2nccn2c1=O. The van der Waals surface area contributed by atoms with Crippen LogP contribution in [-0.2, 0) is 4.74 Å². The Balaban J connectivity index is 2.85. The topological polar surface area (TPSA) is 76.5 Å². The van der Waals surface area contributed by atoms with Crippen molar-refractivity contribution in [3.63, 3.8) is 0 Å². The molecule has 17 heavy (non-hydrogen) atoms. The lowest BCUT2D eigenvalue weighted by Gasteiger charge is -2.10. The maximum atomic E-state index is 12.1. The van der Waals surface area contributed by atoms with Gasteiger partial charge in [-0.2, -0.15) is 0 Å². The van der Waals surface area contributed by atoms with Gasteiger partial charge in [-0.1, -0.05) is 13.8 Å². The number of aromatic nitrogens is 3. The Morgan fingerprint density at radius 1 is 1.53 bits per heavy atom. The van der Waals surface area contributed by atoms with Crippen LogP contribution in [0.15, 0.2) is 17.2 Å². The number of rotatable bonds is 2. The van der Waals surface area contributed by atoms with Crippen LogP contribution < -0.4 is 5.56 Å². The molecule has 0 radical (unpaired) electrons. The number of nitrogens with one attached hydrogen (secondary N) is 1. The van der Waals surface area contributed by atoms with Crippen molar-refractivity contribution in [2.75, 3.05) is 7.11 Å². The van der Waals surface area contributed by atoms with Crippen LogP contribution in [0.5, 0.6) is 0 Å². The molecule has 0 saturated heterocycles. The molecule has 0 aliphatic carbocycles. The van der Waals surface area contributed by atoms with Crippen molar-refractivity contribution in [1.29, 1.82) is 0 Å². The van der Waals surface area contributed by atoms with Gasteiger partial charge >= 0.3 is 5.97 Å². The third-order valence-electron chi connectivity index (χ3n) is 2.56. The van der Waals surface area contributed by atoms with Gasteiger partial charge in [-0.15, -0.1) is 0 Å². The summed E-state index contributed by atoms with van der Waals surface area (Å²) in [4.78, 5) is 30.8. The van der Waals surface area contributed by atoms with Gasteiger partial charge in [0.05, 0.1) is 7.11 Å². The van der Waals surface area contributed by atoms with Gasteiger partial charge < -0.3 is 9.72 Å². The van der Waals surface area contributed by atoms with Gasteiger partial charge in [0.25, 0.3) is 5.56 Å². The first-order chi connectivity index (χ1) is 8.06. The Bertz CT molecular complexity index is 624.